The average Bonchev–Trinajstić information content (AvgIpc) is 2.46. The standard InChI is InChI=1S/C15H21FN2O2/c1-2-10-6-7-18(11(8-10)9-17)15(20)14-12(16)4-3-5-13(14)19/h3-5,10-11,19H,2,6-9,17H2,1H3. The van der Waals surface area contributed by atoms with Crippen LogP contribution in [0.25, 0.3) is 0 Å². The minimum atomic E-state index is -0.691. The molecule has 4 nitrogen and oxygen atoms in total. The third kappa shape index (κ3) is 2.77. The van der Waals surface area contributed by atoms with Crippen molar-refractivity contribution in [2.75, 3.05) is 13.1 Å². The molecule has 110 valence electrons. The number of amides is 1. The molecule has 2 atom stereocenters. The van der Waals surface area contributed by atoms with Crippen molar-refractivity contribution < 1.29 is 14.3 Å². The lowest BCUT2D eigenvalue weighted by molar-refractivity contribution is 0.0551. The quantitative estimate of drug-likeness (QED) is 0.891. The van der Waals surface area contributed by atoms with Gasteiger partial charge in [-0.05, 0) is 30.9 Å². The summed E-state index contributed by atoms with van der Waals surface area (Å²) in [6.07, 6.45) is 2.80. The van der Waals surface area contributed by atoms with Crippen LogP contribution < -0.4 is 5.73 Å². The van der Waals surface area contributed by atoms with Crippen LogP contribution in [0.4, 0.5) is 4.39 Å². The van der Waals surface area contributed by atoms with E-state index < -0.39 is 11.7 Å². The summed E-state index contributed by atoms with van der Waals surface area (Å²) in [5.41, 5.74) is 5.50. The van der Waals surface area contributed by atoms with Gasteiger partial charge in [0.25, 0.3) is 5.91 Å². The number of carbonyl (C=O) groups excluding carboxylic acids is 1. The molecule has 1 fully saturated rings. The molecule has 1 aliphatic rings. The van der Waals surface area contributed by atoms with E-state index in [9.17, 15) is 14.3 Å². The van der Waals surface area contributed by atoms with Gasteiger partial charge in [-0.1, -0.05) is 19.4 Å². The number of rotatable bonds is 3. The van der Waals surface area contributed by atoms with Crippen LogP contribution >= 0.6 is 0 Å². The lowest BCUT2D eigenvalue weighted by Gasteiger charge is -2.39. The molecule has 0 spiro atoms. The van der Waals surface area contributed by atoms with Gasteiger partial charge in [0.2, 0.25) is 0 Å². The zero-order chi connectivity index (χ0) is 14.7. The summed E-state index contributed by atoms with van der Waals surface area (Å²) in [5, 5.41) is 9.73. The van der Waals surface area contributed by atoms with E-state index in [1.54, 1.807) is 4.90 Å². The molecule has 5 heteroatoms. The molecule has 0 saturated carbocycles. The number of halogens is 1. The van der Waals surface area contributed by atoms with Gasteiger partial charge < -0.3 is 15.7 Å². The Morgan fingerprint density at radius 3 is 2.90 bits per heavy atom. The van der Waals surface area contributed by atoms with Gasteiger partial charge in [-0.25, -0.2) is 4.39 Å². The molecule has 2 unspecified atom stereocenters. The zero-order valence-corrected chi connectivity index (χ0v) is 11.7. The Kier molecular flexibility index (Phi) is 4.60. The molecule has 3 N–H and O–H groups in total. The third-order valence-electron chi connectivity index (χ3n) is 4.14. The van der Waals surface area contributed by atoms with E-state index >= 15 is 0 Å². The van der Waals surface area contributed by atoms with Gasteiger partial charge in [0, 0.05) is 19.1 Å². The van der Waals surface area contributed by atoms with E-state index in [2.05, 4.69) is 6.92 Å². The maximum atomic E-state index is 13.8. The molecule has 1 aliphatic heterocycles. The molecule has 0 aromatic heterocycles. The van der Waals surface area contributed by atoms with Crippen LogP contribution in [0.2, 0.25) is 0 Å². The second-order valence-corrected chi connectivity index (χ2v) is 5.32. The molecule has 2 rings (SSSR count). The van der Waals surface area contributed by atoms with Crippen LogP contribution in [0.3, 0.4) is 0 Å². The summed E-state index contributed by atoms with van der Waals surface area (Å²) in [6, 6.07) is 3.81. The summed E-state index contributed by atoms with van der Waals surface area (Å²) in [7, 11) is 0. The smallest absolute Gasteiger partial charge is 0.260 e. The van der Waals surface area contributed by atoms with Crippen LogP contribution in [0.15, 0.2) is 18.2 Å². The Labute approximate surface area is 118 Å². The Morgan fingerprint density at radius 1 is 1.55 bits per heavy atom. The minimum absolute atomic E-state index is 0.0831. The first-order chi connectivity index (χ1) is 9.58. The maximum Gasteiger partial charge on any atom is 0.260 e. The van der Waals surface area contributed by atoms with E-state index in [-0.39, 0.29) is 17.4 Å². The predicted octanol–water partition coefficient (Wildman–Crippen LogP) is 2.12. The van der Waals surface area contributed by atoms with Crippen molar-refractivity contribution in [3.8, 4) is 5.75 Å². The van der Waals surface area contributed by atoms with Crippen LogP contribution in [-0.2, 0) is 0 Å². The number of piperidine rings is 1. The van der Waals surface area contributed by atoms with Crippen LogP contribution in [0.1, 0.15) is 36.5 Å². The number of aromatic hydroxyl groups is 1. The number of nitrogens with zero attached hydrogens (tertiary/aromatic N) is 1. The van der Waals surface area contributed by atoms with E-state index in [0.717, 1.165) is 19.3 Å². The van der Waals surface area contributed by atoms with Crippen molar-refractivity contribution in [3.63, 3.8) is 0 Å². The van der Waals surface area contributed by atoms with Gasteiger partial charge in [-0.2, -0.15) is 0 Å². The molecule has 1 amide bonds. The summed E-state index contributed by atoms with van der Waals surface area (Å²) in [4.78, 5) is 14.1. The van der Waals surface area contributed by atoms with Gasteiger partial charge in [-0.3, -0.25) is 4.79 Å². The van der Waals surface area contributed by atoms with Crippen molar-refractivity contribution in [2.45, 2.75) is 32.2 Å². The lowest BCUT2D eigenvalue weighted by Crippen LogP contribution is -2.49. The van der Waals surface area contributed by atoms with Gasteiger partial charge in [-0.15, -0.1) is 0 Å². The van der Waals surface area contributed by atoms with Crippen molar-refractivity contribution in [2.24, 2.45) is 11.7 Å². The minimum Gasteiger partial charge on any atom is -0.507 e. The SMILES string of the molecule is CCC1CCN(C(=O)c2c(O)cccc2F)C(CN)C1. The number of phenols is 1. The van der Waals surface area contributed by atoms with Gasteiger partial charge in [0.05, 0.1) is 0 Å². The predicted molar refractivity (Wildman–Crippen MR) is 75.0 cm³/mol. The number of nitrogens with two attached hydrogens (primary N) is 1. The molecule has 1 aromatic carbocycles. The number of phenolic OH excluding ortho intramolecular Hbond substituents is 1. The summed E-state index contributed by atoms with van der Waals surface area (Å²) < 4.78 is 13.8. The molecule has 0 aliphatic carbocycles. The Hall–Kier alpha value is -1.62. The fourth-order valence-corrected chi connectivity index (χ4v) is 2.86. The monoisotopic (exact) mass is 280 g/mol. The second-order valence-electron chi connectivity index (χ2n) is 5.32. The Morgan fingerprint density at radius 2 is 2.30 bits per heavy atom. The fourth-order valence-electron chi connectivity index (χ4n) is 2.86. The average molecular weight is 280 g/mol. The van der Waals surface area contributed by atoms with Crippen LogP contribution in [0, 0.1) is 11.7 Å². The summed E-state index contributed by atoms with van der Waals surface area (Å²) in [6.45, 7) is 3.04. The first-order valence-corrected chi connectivity index (χ1v) is 7.07. The third-order valence-corrected chi connectivity index (χ3v) is 4.14. The van der Waals surface area contributed by atoms with Crippen molar-refractivity contribution >= 4 is 5.91 Å². The zero-order valence-electron chi connectivity index (χ0n) is 11.7. The highest BCUT2D eigenvalue weighted by atomic mass is 19.1. The summed E-state index contributed by atoms with van der Waals surface area (Å²) >= 11 is 0. The van der Waals surface area contributed by atoms with Crippen molar-refractivity contribution in [3.05, 3.63) is 29.6 Å². The lowest BCUT2D eigenvalue weighted by atomic mass is 9.88. The summed E-state index contributed by atoms with van der Waals surface area (Å²) in [5.74, 6) is -0.917. The van der Waals surface area contributed by atoms with Crippen molar-refractivity contribution in [1.29, 1.82) is 0 Å². The first kappa shape index (κ1) is 14.8. The highest BCUT2D eigenvalue weighted by Gasteiger charge is 2.32. The molecular formula is C15H21FN2O2. The molecule has 0 bridgehead atoms. The molecular weight excluding hydrogens is 259 g/mol. The highest BCUT2D eigenvalue weighted by Crippen LogP contribution is 2.29. The number of carbonyl (C=O) groups is 1. The van der Waals surface area contributed by atoms with E-state index in [4.69, 9.17) is 5.73 Å². The van der Waals surface area contributed by atoms with Gasteiger partial charge in [0.15, 0.2) is 0 Å². The number of likely N-dealkylation sites (tertiary alicyclic amines) is 1. The largest absolute Gasteiger partial charge is 0.507 e. The Bertz CT molecular complexity index is 473. The maximum absolute atomic E-state index is 13.8. The second kappa shape index (κ2) is 6.22. The van der Waals surface area contributed by atoms with E-state index in [0.29, 0.717) is 19.0 Å². The molecule has 1 aromatic rings. The topological polar surface area (TPSA) is 66.6 Å². The number of benzene rings is 1. The molecule has 0 radical (unpaired) electrons. The van der Waals surface area contributed by atoms with E-state index in [1.165, 1.54) is 18.2 Å². The van der Waals surface area contributed by atoms with Crippen LogP contribution in [0.5, 0.6) is 5.75 Å². The van der Waals surface area contributed by atoms with Crippen molar-refractivity contribution in [1.82, 2.24) is 4.90 Å². The number of hydrogen-bond donors (Lipinski definition) is 2. The fraction of sp³-hybridized carbons (Fsp3) is 0.533. The normalized spacial score (nSPS) is 22.9. The molecule has 1 heterocycles. The first-order valence-electron chi connectivity index (χ1n) is 7.07. The van der Waals surface area contributed by atoms with Crippen LogP contribution in [-0.4, -0.2) is 35.0 Å². The van der Waals surface area contributed by atoms with Gasteiger partial charge >= 0.3 is 0 Å². The van der Waals surface area contributed by atoms with E-state index in [1.807, 2.05) is 0 Å². The number of hydrogen-bond acceptors (Lipinski definition) is 3. The highest BCUT2D eigenvalue weighted by molar-refractivity contribution is 5.97. The molecule has 20 heavy (non-hydrogen) atoms. The Balaban J connectivity index is 2.24. The van der Waals surface area contributed by atoms with Gasteiger partial charge in [0.1, 0.15) is 17.1 Å². The molecule has 1 saturated heterocycles.